The fraction of sp³-hybridized carbons (Fsp3) is 0.471. The van der Waals surface area contributed by atoms with E-state index in [1.54, 1.807) is 4.90 Å². The summed E-state index contributed by atoms with van der Waals surface area (Å²) in [5, 5.41) is 9.91. The molecular weight excluding hydrogens is 307 g/mol. The lowest BCUT2D eigenvalue weighted by Gasteiger charge is -2.25. The van der Waals surface area contributed by atoms with Crippen LogP contribution in [0.15, 0.2) is 35.9 Å². The van der Waals surface area contributed by atoms with E-state index < -0.39 is 17.8 Å². The van der Waals surface area contributed by atoms with E-state index in [-0.39, 0.29) is 18.5 Å². The van der Waals surface area contributed by atoms with Gasteiger partial charge in [-0.2, -0.15) is 13.2 Å². The van der Waals surface area contributed by atoms with Crippen molar-refractivity contribution in [2.45, 2.75) is 44.0 Å². The molecule has 0 saturated carbocycles. The van der Waals surface area contributed by atoms with Crippen LogP contribution < -0.4 is 0 Å². The number of β-amino-alcohol motifs (C(OH)–C–C–N with tert-alkyl or cyclic N) is 1. The third kappa shape index (κ3) is 3.27. The predicted molar refractivity (Wildman–Crippen MR) is 78.5 cm³/mol. The van der Waals surface area contributed by atoms with Gasteiger partial charge in [-0.1, -0.05) is 18.2 Å². The molecule has 0 unspecified atom stereocenters. The maximum atomic E-state index is 12.7. The average Bonchev–Trinajstić information content (AvgIpc) is 3.15. The summed E-state index contributed by atoms with van der Waals surface area (Å²) in [6.45, 7) is 0.224. The van der Waals surface area contributed by atoms with E-state index in [4.69, 9.17) is 0 Å². The van der Waals surface area contributed by atoms with Gasteiger partial charge >= 0.3 is 6.18 Å². The monoisotopic (exact) mass is 325 g/mol. The average molecular weight is 325 g/mol. The molecule has 23 heavy (non-hydrogen) atoms. The SMILES string of the molecule is O=C(C1=CCCC1)N1C[C@@H](O)C[C@@H]1c1ccc(C(F)(F)F)cc1. The highest BCUT2D eigenvalue weighted by atomic mass is 19.4. The molecule has 0 radical (unpaired) electrons. The van der Waals surface area contributed by atoms with Crippen LogP contribution in [0.3, 0.4) is 0 Å². The van der Waals surface area contributed by atoms with Gasteiger partial charge < -0.3 is 10.0 Å². The Morgan fingerprint density at radius 2 is 1.91 bits per heavy atom. The Labute approximate surface area is 132 Å². The standard InChI is InChI=1S/C17H18F3NO2/c18-17(19,20)13-7-5-11(6-8-13)15-9-14(22)10-21(15)16(23)12-3-1-2-4-12/h3,5-8,14-15,22H,1-2,4,9-10H2/t14-,15+/m0/s1. The van der Waals surface area contributed by atoms with Crippen molar-refractivity contribution >= 4 is 5.91 Å². The van der Waals surface area contributed by atoms with Crippen LogP contribution in [0.4, 0.5) is 13.2 Å². The van der Waals surface area contributed by atoms with E-state index in [0.717, 1.165) is 37.0 Å². The number of allylic oxidation sites excluding steroid dienone is 1. The van der Waals surface area contributed by atoms with Crippen LogP contribution in [0.25, 0.3) is 0 Å². The topological polar surface area (TPSA) is 40.5 Å². The maximum absolute atomic E-state index is 12.7. The molecule has 1 saturated heterocycles. The largest absolute Gasteiger partial charge is 0.416 e. The molecule has 1 aromatic rings. The Morgan fingerprint density at radius 3 is 2.48 bits per heavy atom. The lowest BCUT2D eigenvalue weighted by Crippen LogP contribution is -2.32. The van der Waals surface area contributed by atoms with Crippen molar-refractivity contribution in [3.63, 3.8) is 0 Å². The molecule has 1 heterocycles. The molecule has 2 atom stereocenters. The molecule has 124 valence electrons. The van der Waals surface area contributed by atoms with Crippen LogP contribution in [0.1, 0.15) is 42.9 Å². The van der Waals surface area contributed by atoms with E-state index in [1.165, 1.54) is 12.1 Å². The first-order valence-electron chi connectivity index (χ1n) is 7.71. The molecule has 1 aliphatic carbocycles. The number of alkyl halides is 3. The molecule has 2 aliphatic rings. The van der Waals surface area contributed by atoms with Gasteiger partial charge in [-0.3, -0.25) is 4.79 Å². The summed E-state index contributed by atoms with van der Waals surface area (Å²) in [5.41, 5.74) is 0.661. The minimum Gasteiger partial charge on any atom is -0.391 e. The van der Waals surface area contributed by atoms with Gasteiger partial charge in [-0.15, -0.1) is 0 Å². The molecule has 1 fully saturated rings. The normalized spacial score (nSPS) is 24.9. The zero-order chi connectivity index (χ0) is 16.6. The van der Waals surface area contributed by atoms with Crippen molar-refractivity contribution in [2.75, 3.05) is 6.54 Å². The number of amides is 1. The summed E-state index contributed by atoms with van der Waals surface area (Å²) >= 11 is 0. The highest BCUT2D eigenvalue weighted by molar-refractivity contribution is 5.94. The van der Waals surface area contributed by atoms with E-state index in [1.807, 2.05) is 6.08 Å². The molecular formula is C17H18F3NO2. The van der Waals surface area contributed by atoms with Crippen LogP contribution in [-0.2, 0) is 11.0 Å². The van der Waals surface area contributed by atoms with Gasteiger partial charge in [0.2, 0.25) is 5.91 Å². The third-order valence-electron chi connectivity index (χ3n) is 4.48. The summed E-state index contributed by atoms with van der Waals surface area (Å²) < 4.78 is 38.0. The maximum Gasteiger partial charge on any atom is 0.416 e. The van der Waals surface area contributed by atoms with E-state index in [2.05, 4.69) is 0 Å². The molecule has 6 heteroatoms. The zero-order valence-corrected chi connectivity index (χ0v) is 12.5. The molecule has 3 rings (SSSR count). The Bertz CT molecular complexity index is 622. The summed E-state index contributed by atoms with van der Waals surface area (Å²) in [6, 6.07) is 4.47. The molecule has 1 amide bonds. The fourth-order valence-electron chi connectivity index (χ4n) is 3.30. The highest BCUT2D eigenvalue weighted by Crippen LogP contribution is 2.36. The van der Waals surface area contributed by atoms with Crippen LogP contribution in [0, 0.1) is 0 Å². The van der Waals surface area contributed by atoms with Gasteiger partial charge in [0.1, 0.15) is 0 Å². The van der Waals surface area contributed by atoms with E-state index in [9.17, 15) is 23.1 Å². The first kappa shape index (κ1) is 16.1. The van der Waals surface area contributed by atoms with Gasteiger partial charge in [-0.05, 0) is 43.4 Å². The highest BCUT2D eigenvalue weighted by Gasteiger charge is 2.37. The first-order chi connectivity index (χ1) is 10.9. The van der Waals surface area contributed by atoms with Crippen LogP contribution in [0.5, 0.6) is 0 Å². The van der Waals surface area contributed by atoms with Crippen molar-refractivity contribution in [3.05, 3.63) is 47.0 Å². The van der Waals surface area contributed by atoms with Gasteiger partial charge in [0.05, 0.1) is 17.7 Å². The Kier molecular flexibility index (Phi) is 4.19. The number of aliphatic hydroxyl groups is 1. The van der Waals surface area contributed by atoms with Gasteiger partial charge in [0.15, 0.2) is 0 Å². The van der Waals surface area contributed by atoms with Crippen molar-refractivity contribution < 1.29 is 23.1 Å². The third-order valence-corrected chi connectivity index (χ3v) is 4.48. The number of carbonyl (C=O) groups is 1. The molecule has 0 bridgehead atoms. The summed E-state index contributed by atoms with van der Waals surface area (Å²) in [6.07, 6.45) is -0.206. The summed E-state index contributed by atoms with van der Waals surface area (Å²) in [5.74, 6) is -0.107. The van der Waals surface area contributed by atoms with Crippen molar-refractivity contribution in [1.82, 2.24) is 4.90 Å². The van der Waals surface area contributed by atoms with Crippen molar-refractivity contribution in [3.8, 4) is 0 Å². The van der Waals surface area contributed by atoms with E-state index >= 15 is 0 Å². The number of halogens is 3. The second kappa shape index (κ2) is 6.00. The molecule has 1 N–H and O–H groups in total. The van der Waals surface area contributed by atoms with E-state index in [0.29, 0.717) is 12.0 Å². The van der Waals surface area contributed by atoms with Gasteiger partial charge in [-0.25, -0.2) is 0 Å². The molecule has 1 aromatic carbocycles. The number of carbonyl (C=O) groups excluding carboxylic acids is 1. The predicted octanol–water partition coefficient (Wildman–Crippen LogP) is 3.45. The zero-order valence-electron chi connectivity index (χ0n) is 12.5. The molecule has 0 spiro atoms. The smallest absolute Gasteiger partial charge is 0.391 e. The second-order valence-electron chi connectivity index (χ2n) is 6.10. The van der Waals surface area contributed by atoms with Gasteiger partial charge in [0, 0.05) is 12.1 Å². The van der Waals surface area contributed by atoms with Crippen LogP contribution >= 0.6 is 0 Å². The lowest BCUT2D eigenvalue weighted by atomic mass is 10.0. The second-order valence-corrected chi connectivity index (χ2v) is 6.10. The Balaban J connectivity index is 1.83. The number of aliphatic hydroxyl groups excluding tert-OH is 1. The minimum atomic E-state index is -4.38. The minimum absolute atomic E-state index is 0.107. The molecule has 0 aromatic heterocycles. The summed E-state index contributed by atoms with van der Waals surface area (Å²) in [7, 11) is 0. The van der Waals surface area contributed by atoms with Crippen molar-refractivity contribution in [2.24, 2.45) is 0 Å². The number of benzene rings is 1. The molecule has 3 nitrogen and oxygen atoms in total. The van der Waals surface area contributed by atoms with Crippen molar-refractivity contribution in [1.29, 1.82) is 0 Å². The molecule has 1 aliphatic heterocycles. The quantitative estimate of drug-likeness (QED) is 0.905. The Morgan fingerprint density at radius 1 is 1.22 bits per heavy atom. The number of hydrogen-bond acceptors (Lipinski definition) is 2. The first-order valence-corrected chi connectivity index (χ1v) is 7.71. The lowest BCUT2D eigenvalue weighted by molar-refractivity contribution is -0.137. The van der Waals surface area contributed by atoms with Gasteiger partial charge in [0.25, 0.3) is 0 Å². The Hall–Kier alpha value is -1.82. The fourth-order valence-corrected chi connectivity index (χ4v) is 3.30. The number of nitrogens with zero attached hydrogens (tertiary/aromatic N) is 1. The number of rotatable bonds is 2. The number of likely N-dealkylation sites (tertiary alicyclic amines) is 1. The summed E-state index contributed by atoms with van der Waals surface area (Å²) in [4.78, 5) is 14.2. The van der Waals surface area contributed by atoms with Crippen LogP contribution in [-0.4, -0.2) is 28.6 Å². The van der Waals surface area contributed by atoms with Crippen LogP contribution in [0.2, 0.25) is 0 Å². The number of hydrogen-bond donors (Lipinski definition) is 1.